The third-order valence-electron chi connectivity index (χ3n) is 4.22. The van der Waals surface area contributed by atoms with Crippen LogP contribution in [0.15, 0.2) is 23.3 Å². The van der Waals surface area contributed by atoms with Gasteiger partial charge in [0.05, 0.1) is 18.6 Å². The third kappa shape index (κ3) is 3.94. The summed E-state index contributed by atoms with van der Waals surface area (Å²) in [7, 11) is 5.12. The second-order valence-electron chi connectivity index (χ2n) is 6.60. The minimum atomic E-state index is -0.797. The molecule has 1 saturated heterocycles. The van der Waals surface area contributed by atoms with Crippen LogP contribution in [0.25, 0.3) is 0 Å². The molecule has 0 aromatic carbocycles. The van der Waals surface area contributed by atoms with Gasteiger partial charge in [0.2, 0.25) is 11.8 Å². The van der Waals surface area contributed by atoms with Gasteiger partial charge in [0.25, 0.3) is 0 Å². The quantitative estimate of drug-likeness (QED) is 0.354. The van der Waals surface area contributed by atoms with Gasteiger partial charge in [-0.05, 0) is 14.0 Å². The molecule has 144 valence electrons. The number of nitrogens with zero attached hydrogens (tertiary/aromatic N) is 3. The fourth-order valence-electron chi connectivity index (χ4n) is 2.83. The van der Waals surface area contributed by atoms with Crippen molar-refractivity contribution in [3.05, 3.63) is 23.3 Å². The number of aliphatic hydroxyl groups is 1. The maximum atomic E-state index is 12.4. The van der Waals surface area contributed by atoms with Crippen molar-refractivity contribution in [1.29, 1.82) is 0 Å². The molecule has 26 heavy (non-hydrogen) atoms. The maximum absolute atomic E-state index is 12.4. The lowest BCUT2D eigenvalue weighted by molar-refractivity contribution is -0.158. The van der Waals surface area contributed by atoms with Gasteiger partial charge in [0, 0.05) is 25.5 Å². The SMILES string of the molecule is C=CCOC(=O)C1=C(CN(C)CC(=O)N(C)C)S[C@@H]2[C@@H]([C@@H](C)O)C(=O)N12. The molecule has 0 radical (unpaired) electrons. The van der Waals surface area contributed by atoms with Gasteiger partial charge in [-0.1, -0.05) is 12.7 Å². The molecule has 1 N–H and O–H groups in total. The summed E-state index contributed by atoms with van der Waals surface area (Å²) >= 11 is 1.37. The number of likely N-dealkylation sites (N-methyl/N-ethyl adjacent to an activating group) is 2. The molecule has 0 aromatic rings. The summed E-state index contributed by atoms with van der Waals surface area (Å²) in [5, 5.41) is 9.52. The molecule has 9 heteroatoms. The Morgan fingerprint density at radius 1 is 1.42 bits per heavy atom. The number of hydrogen-bond donors (Lipinski definition) is 1. The van der Waals surface area contributed by atoms with Crippen molar-refractivity contribution >= 4 is 29.5 Å². The van der Waals surface area contributed by atoms with Gasteiger partial charge in [-0.15, -0.1) is 11.8 Å². The van der Waals surface area contributed by atoms with Crippen LogP contribution in [0.5, 0.6) is 0 Å². The van der Waals surface area contributed by atoms with E-state index in [-0.39, 0.29) is 36.0 Å². The molecule has 1 fully saturated rings. The van der Waals surface area contributed by atoms with Gasteiger partial charge in [-0.25, -0.2) is 4.79 Å². The highest BCUT2D eigenvalue weighted by atomic mass is 32.2. The minimum Gasteiger partial charge on any atom is -0.457 e. The highest BCUT2D eigenvalue weighted by molar-refractivity contribution is 8.04. The molecule has 2 rings (SSSR count). The second-order valence-corrected chi connectivity index (χ2v) is 7.81. The molecular weight excluding hydrogens is 358 g/mol. The van der Waals surface area contributed by atoms with E-state index in [9.17, 15) is 19.5 Å². The number of rotatable bonds is 8. The Kier molecular flexibility index (Phi) is 6.48. The summed E-state index contributed by atoms with van der Waals surface area (Å²) < 4.78 is 5.12. The predicted molar refractivity (Wildman–Crippen MR) is 97.8 cm³/mol. The van der Waals surface area contributed by atoms with Crippen molar-refractivity contribution in [3.8, 4) is 0 Å². The van der Waals surface area contributed by atoms with Crippen LogP contribution in [-0.2, 0) is 19.1 Å². The normalized spacial score (nSPS) is 22.8. The Morgan fingerprint density at radius 3 is 2.62 bits per heavy atom. The maximum Gasteiger partial charge on any atom is 0.356 e. The van der Waals surface area contributed by atoms with Crippen LogP contribution in [0.3, 0.4) is 0 Å². The summed E-state index contributed by atoms with van der Waals surface area (Å²) in [4.78, 5) is 42.0. The van der Waals surface area contributed by atoms with E-state index in [1.54, 1.807) is 33.0 Å². The number of amides is 2. The first-order chi connectivity index (χ1) is 12.2. The van der Waals surface area contributed by atoms with Crippen LogP contribution in [0.1, 0.15) is 6.92 Å². The highest BCUT2D eigenvalue weighted by Crippen LogP contribution is 2.50. The lowest BCUT2D eigenvalue weighted by Crippen LogP contribution is -2.60. The molecule has 8 nitrogen and oxygen atoms in total. The molecule has 2 amide bonds. The van der Waals surface area contributed by atoms with Gasteiger partial charge in [0.1, 0.15) is 17.7 Å². The molecule has 2 aliphatic heterocycles. The van der Waals surface area contributed by atoms with E-state index in [4.69, 9.17) is 4.74 Å². The average molecular weight is 383 g/mol. The van der Waals surface area contributed by atoms with Crippen molar-refractivity contribution in [2.75, 3.05) is 40.8 Å². The number of carbonyl (C=O) groups excluding carboxylic acids is 3. The van der Waals surface area contributed by atoms with Crippen LogP contribution in [0.4, 0.5) is 0 Å². The van der Waals surface area contributed by atoms with Crippen molar-refractivity contribution < 1.29 is 24.2 Å². The van der Waals surface area contributed by atoms with Gasteiger partial charge >= 0.3 is 5.97 Å². The van der Waals surface area contributed by atoms with Crippen molar-refractivity contribution in [1.82, 2.24) is 14.7 Å². The molecule has 2 aliphatic rings. The first-order valence-electron chi connectivity index (χ1n) is 8.26. The third-order valence-corrected chi connectivity index (χ3v) is 5.57. The molecule has 0 spiro atoms. The average Bonchev–Trinajstić information content (AvgIpc) is 2.85. The Bertz CT molecular complexity index is 646. The van der Waals surface area contributed by atoms with E-state index < -0.39 is 18.0 Å². The van der Waals surface area contributed by atoms with Crippen LogP contribution >= 0.6 is 11.8 Å². The van der Waals surface area contributed by atoms with Gasteiger partial charge in [-0.2, -0.15) is 0 Å². The Morgan fingerprint density at radius 2 is 2.08 bits per heavy atom. The summed E-state index contributed by atoms with van der Waals surface area (Å²) in [5.74, 6) is -1.49. The number of β-lactam (4-membered cyclic amide) rings is 1. The Balaban J connectivity index is 2.20. The number of fused-ring (bicyclic) bond motifs is 1. The van der Waals surface area contributed by atoms with Gasteiger partial charge in [0.15, 0.2) is 0 Å². The number of aliphatic hydroxyl groups excluding tert-OH is 1. The largest absolute Gasteiger partial charge is 0.457 e. The first-order valence-corrected chi connectivity index (χ1v) is 9.14. The molecule has 2 heterocycles. The lowest BCUT2D eigenvalue weighted by Gasteiger charge is -2.43. The van der Waals surface area contributed by atoms with E-state index in [2.05, 4.69) is 6.58 Å². The topological polar surface area (TPSA) is 90.4 Å². The Hall–Kier alpha value is -1.84. The summed E-state index contributed by atoms with van der Waals surface area (Å²) in [6.07, 6.45) is 0.657. The summed E-state index contributed by atoms with van der Waals surface area (Å²) in [6.45, 7) is 5.63. The number of esters is 1. The number of hydrogen-bond acceptors (Lipinski definition) is 7. The lowest BCUT2D eigenvalue weighted by atomic mass is 9.92. The van der Waals surface area contributed by atoms with E-state index in [0.717, 1.165) is 0 Å². The second kappa shape index (κ2) is 8.24. The molecule has 0 saturated carbocycles. The Labute approximate surface area is 157 Å². The zero-order chi connectivity index (χ0) is 19.6. The monoisotopic (exact) mass is 383 g/mol. The predicted octanol–water partition coefficient (Wildman–Crippen LogP) is -0.141. The van der Waals surface area contributed by atoms with Crippen molar-refractivity contribution in [2.45, 2.75) is 18.4 Å². The highest BCUT2D eigenvalue weighted by Gasteiger charge is 2.57. The zero-order valence-corrected chi connectivity index (χ0v) is 16.3. The summed E-state index contributed by atoms with van der Waals surface area (Å²) in [6, 6.07) is 0. The van der Waals surface area contributed by atoms with Crippen LogP contribution in [0, 0.1) is 5.92 Å². The number of carbonyl (C=O) groups is 3. The molecule has 0 bridgehead atoms. The molecule has 0 unspecified atom stereocenters. The van der Waals surface area contributed by atoms with E-state index in [1.165, 1.54) is 27.6 Å². The van der Waals surface area contributed by atoms with E-state index in [1.807, 2.05) is 0 Å². The summed E-state index contributed by atoms with van der Waals surface area (Å²) in [5.41, 5.74) is 0.202. The van der Waals surface area contributed by atoms with Crippen LogP contribution < -0.4 is 0 Å². The molecular formula is C17H25N3O5S. The molecule has 3 atom stereocenters. The van der Waals surface area contributed by atoms with Crippen molar-refractivity contribution in [3.63, 3.8) is 0 Å². The van der Waals surface area contributed by atoms with Crippen molar-refractivity contribution in [2.24, 2.45) is 5.92 Å². The minimum absolute atomic E-state index is 0.0434. The number of ether oxygens (including phenoxy) is 1. The first kappa shape index (κ1) is 20.5. The van der Waals surface area contributed by atoms with Gasteiger partial charge < -0.3 is 14.7 Å². The van der Waals surface area contributed by atoms with E-state index >= 15 is 0 Å². The van der Waals surface area contributed by atoms with Crippen LogP contribution in [-0.4, -0.2) is 89.9 Å². The zero-order valence-electron chi connectivity index (χ0n) is 15.5. The fraction of sp³-hybridized carbons (Fsp3) is 0.588. The van der Waals surface area contributed by atoms with E-state index in [0.29, 0.717) is 11.4 Å². The molecule has 0 aliphatic carbocycles. The molecule has 0 aromatic heterocycles. The van der Waals surface area contributed by atoms with Crippen LogP contribution in [0.2, 0.25) is 0 Å². The number of thioether (sulfide) groups is 1. The fourth-order valence-corrected chi connectivity index (χ4v) is 4.52. The smallest absolute Gasteiger partial charge is 0.356 e. The van der Waals surface area contributed by atoms with Gasteiger partial charge in [-0.3, -0.25) is 19.4 Å². The standard InChI is InChI=1S/C17H25N3O5S/c1-6-7-25-17(24)14-11(8-19(5)9-12(22)18(3)4)26-16-13(10(2)21)15(23)20(14)16/h6,10,13,16,21H,1,7-9H2,2-5H3/t10-,13+,16-/m1/s1.